The molecule has 0 aromatic heterocycles. The fourth-order valence-electron chi connectivity index (χ4n) is 5.45. The lowest BCUT2D eigenvalue weighted by atomic mass is 9.97. The van der Waals surface area contributed by atoms with Crippen molar-refractivity contribution < 1.29 is 18.0 Å². The van der Waals surface area contributed by atoms with Gasteiger partial charge in [-0.15, -0.1) is 0 Å². The highest BCUT2D eigenvalue weighted by atomic mass is 19.4. The molecular weight excluding hydrogens is 461 g/mol. The maximum Gasteiger partial charge on any atom is 0.416 e. The second-order valence-electron chi connectivity index (χ2n) is 9.89. The lowest BCUT2D eigenvalue weighted by Crippen LogP contribution is -2.44. The summed E-state index contributed by atoms with van der Waals surface area (Å²) in [6, 6.07) is 21.9. The first-order chi connectivity index (χ1) is 17.4. The Kier molecular flexibility index (Phi) is 7.15. The van der Waals surface area contributed by atoms with Crippen LogP contribution in [0.3, 0.4) is 0 Å². The van der Waals surface area contributed by atoms with Gasteiger partial charge in [-0.3, -0.25) is 4.79 Å². The van der Waals surface area contributed by atoms with E-state index >= 15 is 0 Å². The number of piperidine rings is 1. The normalized spacial score (nSPS) is 17.5. The van der Waals surface area contributed by atoms with E-state index in [2.05, 4.69) is 4.90 Å². The second kappa shape index (κ2) is 10.5. The minimum atomic E-state index is -4.50. The largest absolute Gasteiger partial charge is 0.416 e. The molecule has 0 saturated carbocycles. The molecule has 0 bridgehead atoms. The quantitative estimate of drug-likeness (QED) is 0.351. The van der Waals surface area contributed by atoms with Gasteiger partial charge < -0.3 is 9.80 Å². The van der Waals surface area contributed by atoms with Gasteiger partial charge in [0.1, 0.15) is 0 Å². The second-order valence-corrected chi connectivity index (χ2v) is 9.89. The van der Waals surface area contributed by atoms with Crippen LogP contribution < -0.4 is 4.90 Å². The van der Waals surface area contributed by atoms with Crippen LogP contribution in [0.25, 0.3) is 11.1 Å². The number of rotatable bonds is 6. The van der Waals surface area contributed by atoms with Crippen LogP contribution in [-0.4, -0.2) is 42.9 Å². The number of carbonyl (C=O) groups is 1. The monoisotopic (exact) mass is 492 g/mol. The van der Waals surface area contributed by atoms with Gasteiger partial charge in [-0.25, -0.2) is 0 Å². The third-order valence-electron chi connectivity index (χ3n) is 7.48. The SMILES string of the molecule is O=C(Cc1ccc(-c2ccccc2)cc1)c1cc(N2CCC(N3CCCC3)CC2)cc(C(F)(F)F)c1. The Morgan fingerprint density at radius 2 is 1.44 bits per heavy atom. The summed E-state index contributed by atoms with van der Waals surface area (Å²) in [5, 5.41) is 0. The van der Waals surface area contributed by atoms with E-state index in [4.69, 9.17) is 0 Å². The molecule has 2 aliphatic rings. The Hall–Kier alpha value is -3.12. The number of nitrogens with zero attached hydrogens (tertiary/aromatic N) is 2. The van der Waals surface area contributed by atoms with Crippen LogP contribution in [0.4, 0.5) is 18.9 Å². The molecule has 3 nitrogen and oxygen atoms in total. The minimum absolute atomic E-state index is 0.0624. The Balaban J connectivity index is 1.32. The van der Waals surface area contributed by atoms with Gasteiger partial charge >= 0.3 is 6.18 Å². The number of alkyl halides is 3. The maximum absolute atomic E-state index is 13.7. The molecule has 188 valence electrons. The van der Waals surface area contributed by atoms with Crippen LogP contribution >= 0.6 is 0 Å². The van der Waals surface area contributed by atoms with Crippen molar-refractivity contribution in [1.29, 1.82) is 0 Å². The summed E-state index contributed by atoms with van der Waals surface area (Å²) in [5.74, 6) is -0.304. The van der Waals surface area contributed by atoms with Gasteiger partial charge in [0.05, 0.1) is 5.56 Å². The first kappa shape index (κ1) is 24.6. The Morgan fingerprint density at radius 1 is 0.806 bits per heavy atom. The maximum atomic E-state index is 13.7. The summed E-state index contributed by atoms with van der Waals surface area (Å²) in [7, 11) is 0. The number of hydrogen-bond donors (Lipinski definition) is 0. The Labute approximate surface area is 210 Å². The molecule has 2 fully saturated rings. The highest BCUT2D eigenvalue weighted by Crippen LogP contribution is 2.35. The Morgan fingerprint density at radius 3 is 2.08 bits per heavy atom. The fraction of sp³-hybridized carbons (Fsp3) is 0.367. The van der Waals surface area contributed by atoms with Crippen LogP contribution in [0, 0.1) is 0 Å². The number of Topliss-reactive ketones (excluding diaryl/α,β-unsaturated/α-hetero) is 1. The van der Waals surface area contributed by atoms with Crippen LogP contribution in [0.5, 0.6) is 0 Å². The third-order valence-corrected chi connectivity index (χ3v) is 7.48. The van der Waals surface area contributed by atoms with E-state index in [1.54, 1.807) is 6.07 Å². The number of anilines is 1. The first-order valence-corrected chi connectivity index (χ1v) is 12.8. The van der Waals surface area contributed by atoms with Crippen LogP contribution in [0.2, 0.25) is 0 Å². The van der Waals surface area contributed by atoms with Gasteiger partial charge in [0.25, 0.3) is 0 Å². The zero-order chi connectivity index (χ0) is 25.1. The van der Waals surface area contributed by atoms with Crippen LogP contribution in [0.1, 0.15) is 47.2 Å². The topological polar surface area (TPSA) is 23.6 Å². The average molecular weight is 493 g/mol. The van der Waals surface area contributed by atoms with Gasteiger partial charge in [0, 0.05) is 36.8 Å². The highest BCUT2D eigenvalue weighted by Gasteiger charge is 2.33. The molecule has 6 heteroatoms. The van der Waals surface area contributed by atoms with Crippen molar-refractivity contribution in [1.82, 2.24) is 4.90 Å². The number of benzene rings is 3. The first-order valence-electron chi connectivity index (χ1n) is 12.8. The lowest BCUT2D eigenvalue weighted by Gasteiger charge is -2.38. The van der Waals surface area contributed by atoms with Crippen molar-refractivity contribution in [2.45, 2.75) is 44.3 Å². The highest BCUT2D eigenvalue weighted by molar-refractivity contribution is 5.98. The number of ketones is 1. The van der Waals surface area contributed by atoms with E-state index in [0.29, 0.717) is 24.8 Å². The van der Waals surface area contributed by atoms with Crippen molar-refractivity contribution in [3.63, 3.8) is 0 Å². The molecule has 0 atom stereocenters. The van der Waals surface area contributed by atoms with E-state index in [1.807, 2.05) is 59.5 Å². The van der Waals surface area contributed by atoms with Gasteiger partial charge in [-0.05, 0) is 73.7 Å². The van der Waals surface area contributed by atoms with Gasteiger partial charge in [0.15, 0.2) is 5.78 Å². The third kappa shape index (κ3) is 5.65. The van der Waals surface area contributed by atoms with Crippen molar-refractivity contribution in [2.75, 3.05) is 31.1 Å². The van der Waals surface area contributed by atoms with Crippen molar-refractivity contribution in [3.05, 3.63) is 89.5 Å². The zero-order valence-corrected chi connectivity index (χ0v) is 20.3. The molecule has 36 heavy (non-hydrogen) atoms. The zero-order valence-electron chi connectivity index (χ0n) is 20.3. The molecule has 0 aliphatic carbocycles. The molecule has 0 radical (unpaired) electrons. The number of halogens is 3. The molecule has 5 rings (SSSR count). The fourth-order valence-corrected chi connectivity index (χ4v) is 5.45. The molecule has 0 amide bonds. The molecule has 2 aliphatic heterocycles. The minimum Gasteiger partial charge on any atom is -0.371 e. The summed E-state index contributed by atoms with van der Waals surface area (Å²) in [6.45, 7) is 3.66. The van der Waals surface area contributed by atoms with E-state index in [0.717, 1.165) is 48.7 Å². The Bertz CT molecular complexity index is 1180. The molecule has 3 aromatic rings. The summed E-state index contributed by atoms with van der Waals surface area (Å²) in [6.07, 6.45) is -0.105. The summed E-state index contributed by atoms with van der Waals surface area (Å²) in [4.78, 5) is 17.6. The molecular formula is C30H31F3N2O. The average Bonchev–Trinajstić information content (AvgIpc) is 3.44. The van der Waals surface area contributed by atoms with Gasteiger partial charge in [-0.2, -0.15) is 13.2 Å². The molecule has 2 heterocycles. The van der Waals surface area contributed by atoms with Crippen LogP contribution in [0.15, 0.2) is 72.8 Å². The number of carbonyl (C=O) groups excluding carboxylic acids is 1. The van der Waals surface area contributed by atoms with Crippen molar-refractivity contribution in [3.8, 4) is 11.1 Å². The van der Waals surface area contributed by atoms with E-state index in [-0.39, 0.29) is 17.8 Å². The predicted octanol–water partition coefficient (Wildman–Crippen LogP) is 6.86. The summed E-state index contributed by atoms with van der Waals surface area (Å²) in [5.41, 5.74) is 2.74. The summed E-state index contributed by atoms with van der Waals surface area (Å²) < 4.78 is 41.2. The van der Waals surface area contributed by atoms with Crippen molar-refractivity contribution >= 4 is 11.5 Å². The van der Waals surface area contributed by atoms with Gasteiger partial charge in [0.2, 0.25) is 0 Å². The molecule has 2 saturated heterocycles. The van der Waals surface area contributed by atoms with Crippen LogP contribution in [-0.2, 0) is 12.6 Å². The molecule has 0 spiro atoms. The molecule has 3 aromatic carbocycles. The van der Waals surface area contributed by atoms with E-state index in [9.17, 15) is 18.0 Å². The molecule has 0 N–H and O–H groups in total. The summed E-state index contributed by atoms with van der Waals surface area (Å²) >= 11 is 0. The van der Waals surface area contributed by atoms with Crippen molar-refractivity contribution in [2.24, 2.45) is 0 Å². The van der Waals surface area contributed by atoms with Gasteiger partial charge in [-0.1, -0.05) is 54.6 Å². The smallest absolute Gasteiger partial charge is 0.371 e. The standard InChI is InChI=1S/C30H31F3N2O/c31-30(32,33)26-19-25(20-28(21-26)35-16-12-27(13-17-35)34-14-4-5-15-34)29(36)18-22-8-10-24(11-9-22)23-6-2-1-3-7-23/h1-3,6-11,19-21,27H,4-5,12-18H2. The van der Waals surface area contributed by atoms with E-state index in [1.165, 1.54) is 18.9 Å². The van der Waals surface area contributed by atoms with E-state index < -0.39 is 11.7 Å². The predicted molar refractivity (Wildman–Crippen MR) is 137 cm³/mol. The number of hydrogen-bond acceptors (Lipinski definition) is 3. The molecule has 0 unspecified atom stereocenters. The lowest BCUT2D eigenvalue weighted by molar-refractivity contribution is -0.137. The number of likely N-dealkylation sites (tertiary alicyclic amines) is 1.